The number of hydrogen-bond acceptors (Lipinski definition) is 5. The molecule has 0 aliphatic heterocycles. The Morgan fingerprint density at radius 2 is 2.10 bits per heavy atom. The first-order chi connectivity index (χ1) is 9.54. The molecule has 5 heteroatoms. The number of esters is 1. The van der Waals surface area contributed by atoms with Gasteiger partial charge in [0.25, 0.3) is 0 Å². The number of ether oxygens (including phenoxy) is 1. The Morgan fingerprint density at radius 3 is 2.75 bits per heavy atom. The Balaban J connectivity index is 2.50. The molecule has 0 spiro atoms. The van der Waals surface area contributed by atoms with Crippen LogP contribution in [0.2, 0.25) is 0 Å². The molecule has 0 amide bonds. The van der Waals surface area contributed by atoms with Crippen molar-refractivity contribution in [1.82, 2.24) is 4.90 Å². The van der Waals surface area contributed by atoms with Crippen molar-refractivity contribution < 1.29 is 9.53 Å². The van der Waals surface area contributed by atoms with Crippen molar-refractivity contribution in [2.45, 2.75) is 19.8 Å². The number of nitrogens with two attached hydrogens (primary N) is 1. The molecule has 5 nitrogen and oxygen atoms in total. The number of nitrogens with one attached hydrogen (secondary N) is 1. The number of carbonyl (C=O) groups is 1. The third-order valence-corrected chi connectivity index (χ3v) is 2.91. The fraction of sp³-hybridized carbons (Fsp3) is 0.533. The highest BCUT2D eigenvalue weighted by Gasteiger charge is 2.11. The van der Waals surface area contributed by atoms with E-state index < -0.39 is 0 Å². The number of carbonyl (C=O) groups excluding carboxylic acids is 1. The van der Waals surface area contributed by atoms with Crippen molar-refractivity contribution >= 4 is 17.3 Å². The van der Waals surface area contributed by atoms with Crippen molar-refractivity contribution in [3.05, 3.63) is 23.8 Å². The first-order valence-electron chi connectivity index (χ1n) is 6.99. The molecule has 0 radical (unpaired) electrons. The largest absolute Gasteiger partial charge is 0.462 e. The molecule has 0 aliphatic carbocycles. The highest BCUT2D eigenvalue weighted by molar-refractivity contribution is 5.96. The van der Waals surface area contributed by atoms with Gasteiger partial charge < -0.3 is 20.7 Å². The van der Waals surface area contributed by atoms with Gasteiger partial charge in [0.2, 0.25) is 0 Å². The van der Waals surface area contributed by atoms with Gasteiger partial charge in [0.05, 0.1) is 12.2 Å². The summed E-state index contributed by atoms with van der Waals surface area (Å²) in [6.45, 7) is 4.08. The quantitative estimate of drug-likeness (QED) is 0.434. The zero-order valence-electron chi connectivity index (χ0n) is 12.6. The predicted molar refractivity (Wildman–Crippen MR) is 83.1 cm³/mol. The normalized spacial score (nSPS) is 10.6. The summed E-state index contributed by atoms with van der Waals surface area (Å²) >= 11 is 0. The van der Waals surface area contributed by atoms with E-state index in [9.17, 15) is 4.79 Å². The average molecular weight is 279 g/mol. The van der Waals surface area contributed by atoms with Gasteiger partial charge in [-0.1, -0.05) is 0 Å². The molecule has 0 saturated carbocycles. The van der Waals surface area contributed by atoms with Crippen LogP contribution in [-0.4, -0.2) is 44.7 Å². The molecule has 1 aromatic carbocycles. The lowest BCUT2D eigenvalue weighted by Crippen LogP contribution is -2.14. The summed E-state index contributed by atoms with van der Waals surface area (Å²) in [6.07, 6.45) is 2.22. The van der Waals surface area contributed by atoms with E-state index in [0.29, 0.717) is 17.9 Å². The molecule has 0 aromatic heterocycles. The third kappa shape index (κ3) is 5.48. The molecule has 3 N–H and O–H groups in total. The average Bonchev–Trinajstić information content (AvgIpc) is 2.40. The maximum absolute atomic E-state index is 11.7. The van der Waals surface area contributed by atoms with Gasteiger partial charge in [-0.15, -0.1) is 0 Å². The summed E-state index contributed by atoms with van der Waals surface area (Å²) in [5.41, 5.74) is 7.56. The van der Waals surface area contributed by atoms with Crippen LogP contribution in [0.25, 0.3) is 0 Å². The van der Waals surface area contributed by atoms with Crippen LogP contribution in [0.4, 0.5) is 11.4 Å². The van der Waals surface area contributed by atoms with Gasteiger partial charge in [0.15, 0.2) is 0 Å². The Hall–Kier alpha value is -1.75. The van der Waals surface area contributed by atoms with Gasteiger partial charge in [-0.05, 0) is 58.6 Å². The zero-order valence-corrected chi connectivity index (χ0v) is 12.6. The van der Waals surface area contributed by atoms with Gasteiger partial charge in [-0.25, -0.2) is 4.79 Å². The number of anilines is 2. The molecular formula is C15H25N3O2. The molecule has 0 unspecified atom stereocenters. The van der Waals surface area contributed by atoms with E-state index in [-0.39, 0.29) is 5.97 Å². The highest BCUT2D eigenvalue weighted by Crippen LogP contribution is 2.19. The number of hydrogen-bond donors (Lipinski definition) is 2. The third-order valence-electron chi connectivity index (χ3n) is 2.91. The van der Waals surface area contributed by atoms with E-state index >= 15 is 0 Å². The van der Waals surface area contributed by atoms with Crippen molar-refractivity contribution in [3.8, 4) is 0 Å². The van der Waals surface area contributed by atoms with Crippen molar-refractivity contribution in [2.24, 2.45) is 0 Å². The Kier molecular flexibility index (Phi) is 6.87. The van der Waals surface area contributed by atoms with Gasteiger partial charge in [-0.3, -0.25) is 0 Å². The van der Waals surface area contributed by atoms with E-state index in [0.717, 1.165) is 31.6 Å². The van der Waals surface area contributed by atoms with E-state index in [4.69, 9.17) is 10.5 Å². The molecule has 1 aromatic rings. The molecule has 0 atom stereocenters. The lowest BCUT2D eigenvalue weighted by molar-refractivity contribution is 0.0527. The minimum Gasteiger partial charge on any atom is -0.462 e. The Morgan fingerprint density at radius 1 is 1.35 bits per heavy atom. The van der Waals surface area contributed by atoms with E-state index in [1.54, 1.807) is 19.1 Å². The van der Waals surface area contributed by atoms with Gasteiger partial charge in [0, 0.05) is 17.9 Å². The monoisotopic (exact) mass is 279 g/mol. The molecule has 20 heavy (non-hydrogen) atoms. The summed E-state index contributed by atoms with van der Waals surface area (Å²) in [7, 11) is 4.14. The first kappa shape index (κ1) is 16.3. The lowest BCUT2D eigenvalue weighted by Gasteiger charge is -2.11. The van der Waals surface area contributed by atoms with Crippen molar-refractivity contribution in [1.29, 1.82) is 0 Å². The van der Waals surface area contributed by atoms with Crippen LogP contribution in [0.5, 0.6) is 0 Å². The van der Waals surface area contributed by atoms with E-state index in [2.05, 4.69) is 24.3 Å². The molecule has 0 fully saturated rings. The maximum atomic E-state index is 11.7. The number of benzene rings is 1. The maximum Gasteiger partial charge on any atom is 0.340 e. The van der Waals surface area contributed by atoms with Crippen LogP contribution >= 0.6 is 0 Å². The van der Waals surface area contributed by atoms with Crippen LogP contribution in [-0.2, 0) is 4.74 Å². The van der Waals surface area contributed by atoms with Crippen LogP contribution in [0.3, 0.4) is 0 Å². The Labute approximate surface area is 121 Å². The second-order valence-electron chi connectivity index (χ2n) is 4.96. The number of rotatable bonds is 8. The van der Waals surface area contributed by atoms with Crippen LogP contribution < -0.4 is 11.1 Å². The summed E-state index contributed by atoms with van der Waals surface area (Å²) in [5, 5.41) is 3.30. The Bertz CT molecular complexity index is 433. The summed E-state index contributed by atoms with van der Waals surface area (Å²) in [6, 6.07) is 5.36. The van der Waals surface area contributed by atoms with Gasteiger partial charge >= 0.3 is 5.97 Å². The van der Waals surface area contributed by atoms with Crippen LogP contribution in [0.1, 0.15) is 30.1 Å². The topological polar surface area (TPSA) is 67.6 Å². The molecule has 112 valence electrons. The summed E-state index contributed by atoms with van der Waals surface area (Å²) < 4.78 is 4.98. The summed E-state index contributed by atoms with van der Waals surface area (Å²) in [5.74, 6) is -0.374. The fourth-order valence-electron chi connectivity index (χ4n) is 1.84. The van der Waals surface area contributed by atoms with Gasteiger partial charge in [0.1, 0.15) is 0 Å². The minimum absolute atomic E-state index is 0.348. The molecular weight excluding hydrogens is 254 g/mol. The highest BCUT2D eigenvalue weighted by atomic mass is 16.5. The van der Waals surface area contributed by atoms with Crippen LogP contribution in [0.15, 0.2) is 18.2 Å². The number of unbranched alkanes of at least 4 members (excludes halogenated alkanes) is 1. The van der Waals surface area contributed by atoms with E-state index in [1.165, 1.54) is 0 Å². The predicted octanol–water partition coefficient (Wildman–Crippen LogP) is 2.20. The molecule has 0 aliphatic rings. The number of nitrogens with zero attached hydrogens (tertiary/aromatic N) is 1. The fourth-order valence-corrected chi connectivity index (χ4v) is 1.84. The number of nitrogen functional groups attached to an aromatic ring is 1. The second-order valence-corrected chi connectivity index (χ2v) is 4.96. The van der Waals surface area contributed by atoms with Gasteiger partial charge in [-0.2, -0.15) is 0 Å². The zero-order chi connectivity index (χ0) is 15.0. The smallest absolute Gasteiger partial charge is 0.340 e. The first-order valence-corrected chi connectivity index (χ1v) is 6.99. The molecule has 1 rings (SSSR count). The SMILES string of the molecule is CCOC(=O)c1cc(NCCCCN(C)C)ccc1N. The van der Waals surface area contributed by atoms with Crippen molar-refractivity contribution in [2.75, 3.05) is 44.8 Å². The second kappa shape index (κ2) is 8.43. The van der Waals surface area contributed by atoms with E-state index in [1.807, 2.05) is 6.07 Å². The lowest BCUT2D eigenvalue weighted by atomic mass is 10.1. The molecule has 0 bridgehead atoms. The molecule has 0 saturated heterocycles. The molecule has 0 heterocycles. The standard InChI is InChI=1S/C15H25N3O2/c1-4-20-15(19)13-11-12(7-8-14(13)16)17-9-5-6-10-18(2)3/h7-8,11,17H,4-6,9-10,16H2,1-3H3. The summed E-state index contributed by atoms with van der Waals surface area (Å²) in [4.78, 5) is 13.9. The minimum atomic E-state index is -0.374. The van der Waals surface area contributed by atoms with Crippen molar-refractivity contribution in [3.63, 3.8) is 0 Å². The van der Waals surface area contributed by atoms with Crippen LogP contribution in [0, 0.1) is 0 Å².